The predicted molar refractivity (Wildman–Crippen MR) is 133 cm³/mol. The molecule has 2 heterocycles. The lowest BCUT2D eigenvalue weighted by atomic mass is 9.85. The largest absolute Gasteiger partial charge is 0.352 e. The smallest absolute Gasteiger partial charge is 0.262 e. The van der Waals surface area contributed by atoms with Crippen LogP contribution < -0.4 is 10.9 Å². The molecule has 1 amide bonds. The van der Waals surface area contributed by atoms with E-state index in [1.807, 2.05) is 41.0 Å². The van der Waals surface area contributed by atoms with E-state index in [1.165, 1.54) is 0 Å². The van der Waals surface area contributed by atoms with E-state index >= 15 is 0 Å². The number of benzene rings is 2. The molecule has 0 saturated heterocycles. The lowest BCUT2D eigenvalue weighted by molar-refractivity contribution is 0.0940. The van der Waals surface area contributed by atoms with Gasteiger partial charge in [0.2, 0.25) is 0 Å². The van der Waals surface area contributed by atoms with E-state index in [2.05, 4.69) is 10.3 Å². The van der Waals surface area contributed by atoms with Gasteiger partial charge in [-0.15, -0.1) is 0 Å². The summed E-state index contributed by atoms with van der Waals surface area (Å²) in [6.07, 6.45) is 5.26. The van der Waals surface area contributed by atoms with Crippen LogP contribution in [0.5, 0.6) is 0 Å². The van der Waals surface area contributed by atoms with E-state index in [0.717, 1.165) is 36.6 Å². The number of aromatic nitrogens is 2. The number of nitrogens with zero attached hydrogens (tertiary/aromatic N) is 2. The molecule has 5 rings (SSSR count). The lowest BCUT2D eigenvalue weighted by Gasteiger charge is -2.32. The second kappa shape index (κ2) is 9.16. The van der Waals surface area contributed by atoms with Crippen LogP contribution in [-0.4, -0.2) is 22.0 Å². The number of nitrogens with one attached hydrogen (secondary N) is 1. The first-order chi connectivity index (χ1) is 16.0. The highest BCUT2D eigenvalue weighted by Gasteiger charge is 2.27. The van der Waals surface area contributed by atoms with E-state index in [0.29, 0.717) is 33.1 Å². The van der Waals surface area contributed by atoms with Gasteiger partial charge in [-0.2, -0.15) is 0 Å². The average Bonchev–Trinajstić information content (AvgIpc) is 2.83. The molecule has 2 aromatic carbocycles. The Balaban J connectivity index is 1.49. The van der Waals surface area contributed by atoms with Crippen LogP contribution in [0.25, 0.3) is 21.8 Å². The Morgan fingerprint density at radius 1 is 1.00 bits per heavy atom. The quantitative estimate of drug-likeness (QED) is 0.364. The molecule has 2 unspecified atom stereocenters. The molecule has 7 heteroatoms. The van der Waals surface area contributed by atoms with Gasteiger partial charge in [-0.25, -0.2) is 0 Å². The first-order valence-electron chi connectivity index (χ1n) is 11.1. The van der Waals surface area contributed by atoms with Crippen molar-refractivity contribution in [2.24, 2.45) is 5.92 Å². The van der Waals surface area contributed by atoms with Crippen molar-refractivity contribution in [3.63, 3.8) is 0 Å². The number of carbonyl (C=O) groups is 1. The fraction of sp³-hybridized carbons (Fsp3) is 0.269. The summed E-state index contributed by atoms with van der Waals surface area (Å²) in [6, 6.07) is 16.4. The normalized spacial score (nSPS) is 18.5. The van der Waals surface area contributed by atoms with Gasteiger partial charge in [0.05, 0.1) is 26.5 Å². The minimum Gasteiger partial charge on any atom is -0.352 e. The monoisotopic (exact) mass is 479 g/mol. The molecule has 1 N–H and O–H groups in total. The third-order valence-corrected chi connectivity index (χ3v) is 7.16. The van der Waals surface area contributed by atoms with Gasteiger partial charge in [-0.3, -0.25) is 14.6 Å². The summed E-state index contributed by atoms with van der Waals surface area (Å²) in [6.45, 7) is 0.577. The van der Waals surface area contributed by atoms with Crippen molar-refractivity contribution in [1.82, 2.24) is 14.9 Å². The maximum absolute atomic E-state index is 13.7. The summed E-state index contributed by atoms with van der Waals surface area (Å²) in [4.78, 5) is 30.6. The van der Waals surface area contributed by atoms with E-state index in [9.17, 15) is 9.59 Å². The highest BCUT2D eigenvalue weighted by Crippen LogP contribution is 2.37. The van der Waals surface area contributed by atoms with Crippen molar-refractivity contribution in [2.45, 2.75) is 31.7 Å². The maximum atomic E-state index is 13.7. The molecule has 1 aliphatic rings. The Morgan fingerprint density at radius 2 is 1.79 bits per heavy atom. The number of halogens is 2. The van der Waals surface area contributed by atoms with Gasteiger partial charge >= 0.3 is 0 Å². The van der Waals surface area contributed by atoms with Crippen LogP contribution in [0.2, 0.25) is 10.0 Å². The number of hydrogen-bond acceptors (Lipinski definition) is 3. The van der Waals surface area contributed by atoms with Gasteiger partial charge in [0, 0.05) is 29.7 Å². The number of pyridine rings is 2. The molecule has 0 bridgehead atoms. The predicted octanol–water partition coefficient (Wildman–Crippen LogP) is 6.02. The molecule has 33 heavy (non-hydrogen) atoms. The minimum absolute atomic E-state index is 0.00785. The molecular weight excluding hydrogens is 457 g/mol. The second-order valence-electron chi connectivity index (χ2n) is 8.59. The summed E-state index contributed by atoms with van der Waals surface area (Å²) in [7, 11) is 0. The molecule has 0 spiro atoms. The Labute approximate surface area is 201 Å². The van der Waals surface area contributed by atoms with Gasteiger partial charge in [0.1, 0.15) is 0 Å². The minimum atomic E-state index is -0.142. The molecule has 0 aliphatic heterocycles. The summed E-state index contributed by atoms with van der Waals surface area (Å²) in [5.41, 5.74) is 1.82. The van der Waals surface area contributed by atoms with Gasteiger partial charge in [-0.1, -0.05) is 53.9 Å². The first-order valence-corrected chi connectivity index (χ1v) is 11.9. The molecule has 168 valence electrons. The van der Waals surface area contributed by atoms with E-state index < -0.39 is 0 Å². The van der Waals surface area contributed by atoms with Crippen molar-refractivity contribution >= 4 is 50.9 Å². The summed E-state index contributed by atoms with van der Waals surface area (Å²) in [5, 5.41) is 5.13. The Hall–Kier alpha value is -2.89. The van der Waals surface area contributed by atoms with Crippen LogP contribution in [0.4, 0.5) is 0 Å². The molecule has 4 aromatic rings. The third kappa shape index (κ3) is 4.11. The summed E-state index contributed by atoms with van der Waals surface area (Å²) < 4.78 is 1.85. The topological polar surface area (TPSA) is 64.0 Å². The molecule has 2 aromatic heterocycles. The van der Waals surface area contributed by atoms with Gasteiger partial charge < -0.3 is 9.88 Å². The third-order valence-electron chi connectivity index (χ3n) is 6.53. The highest BCUT2D eigenvalue weighted by molar-refractivity contribution is 6.39. The Bertz CT molecular complexity index is 1400. The second-order valence-corrected chi connectivity index (χ2v) is 9.40. The molecule has 5 nitrogen and oxygen atoms in total. The standard InChI is InChI=1S/C26H23Cl2N3O2/c27-19-10-5-11-21-22(19)24-23(20(28)12-13-29-24)26(33)31(21)18-9-4-6-16(14-18)15-30-25(32)17-7-2-1-3-8-17/h1-3,5,7-8,10-13,16,18H,4,6,9,14-15H2,(H,30,32). The van der Waals surface area contributed by atoms with Gasteiger partial charge in [0.15, 0.2) is 0 Å². The number of carbonyl (C=O) groups excluding carboxylic acids is 1. The van der Waals surface area contributed by atoms with Crippen LogP contribution in [0, 0.1) is 5.92 Å². The van der Waals surface area contributed by atoms with Crippen LogP contribution in [0.1, 0.15) is 42.1 Å². The van der Waals surface area contributed by atoms with E-state index in [-0.39, 0.29) is 23.4 Å². The fourth-order valence-corrected chi connectivity index (χ4v) is 5.47. The van der Waals surface area contributed by atoms with Crippen molar-refractivity contribution in [1.29, 1.82) is 0 Å². The fourth-order valence-electron chi connectivity index (χ4n) is 4.98. The number of amides is 1. The SMILES string of the molecule is O=C(NCC1CCCC(n2c(=O)c3c(Cl)ccnc3c3c(Cl)cccc32)C1)c1ccccc1. The zero-order valence-electron chi connectivity index (χ0n) is 17.9. The highest BCUT2D eigenvalue weighted by atomic mass is 35.5. The zero-order chi connectivity index (χ0) is 22.9. The van der Waals surface area contributed by atoms with Gasteiger partial charge in [-0.05, 0) is 55.5 Å². The first kappa shape index (κ1) is 21.9. The summed E-state index contributed by atoms with van der Waals surface area (Å²) >= 11 is 13.0. The summed E-state index contributed by atoms with van der Waals surface area (Å²) in [5.74, 6) is 0.202. The molecular formula is C26H23Cl2N3O2. The van der Waals surface area contributed by atoms with Crippen molar-refractivity contribution in [2.75, 3.05) is 6.54 Å². The lowest BCUT2D eigenvalue weighted by Crippen LogP contribution is -2.34. The number of rotatable bonds is 4. The van der Waals surface area contributed by atoms with Crippen LogP contribution in [0.15, 0.2) is 65.6 Å². The Morgan fingerprint density at radius 3 is 2.61 bits per heavy atom. The van der Waals surface area contributed by atoms with Crippen LogP contribution in [0.3, 0.4) is 0 Å². The maximum Gasteiger partial charge on any atom is 0.262 e. The molecule has 0 radical (unpaired) electrons. The van der Waals surface area contributed by atoms with Crippen molar-refractivity contribution in [3.05, 3.63) is 86.8 Å². The number of hydrogen-bond donors (Lipinski definition) is 1. The molecule has 1 aliphatic carbocycles. The van der Waals surface area contributed by atoms with Crippen molar-refractivity contribution < 1.29 is 4.79 Å². The van der Waals surface area contributed by atoms with Gasteiger partial charge in [0.25, 0.3) is 11.5 Å². The van der Waals surface area contributed by atoms with Crippen molar-refractivity contribution in [3.8, 4) is 0 Å². The Kier molecular flexibility index (Phi) is 6.09. The molecule has 1 fully saturated rings. The average molecular weight is 480 g/mol. The van der Waals surface area contributed by atoms with Crippen LogP contribution >= 0.6 is 23.2 Å². The zero-order valence-corrected chi connectivity index (χ0v) is 19.4. The van der Waals surface area contributed by atoms with E-state index in [4.69, 9.17) is 23.2 Å². The molecule has 1 saturated carbocycles. The van der Waals surface area contributed by atoms with E-state index in [1.54, 1.807) is 24.4 Å². The molecule has 2 atom stereocenters. The number of fused-ring (bicyclic) bond motifs is 3. The van der Waals surface area contributed by atoms with Crippen LogP contribution in [-0.2, 0) is 0 Å².